The highest BCUT2D eigenvalue weighted by atomic mass is 35.5. The summed E-state index contributed by atoms with van der Waals surface area (Å²) < 4.78 is 28.4. The Hall–Kier alpha value is -2.99. The molecule has 168 valence electrons. The second kappa shape index (κ2) is 9.65. The van der Waals surface area contributed by atoms with E-state index in [-0.39, 0.29) is 15.5 Å². The lowest BCUT2D eigenvalue weighted by Gasteiger charge is -2.14. The topological polar surface area (TPSA) is 145 Å². The average Bonchev–Trinajstić information content (AvgIpc) is 3.08. The normalized spacial score (nSPS) is 12.2. The quantitative estimate of drug-likeness (QED) is 0.429. The van der Waals surface area contributed by atoms with Gasteiger partial charge in [0.05, 0.1) is 9.92 Å². The number of fused-ring (bicyclic) bond motifs is 1. The van der Waals surface area contributed by atoms with Crippen molar-refractivity contribution in [1.29, 1.82) is 0 Å². The van der Waals surface area contributed by atoms with Gasteiger partial charge in [0.1, 0.15) is 11.4 Å². The van der Waals surface area contributed by atoms with Crippen LogP contribution in [0, 0.1) is 0 Å². The van der Waals surface area contributed by atoms with Gasteiger partial charge >= 0.3 is 5.97 Å². The number of ether oxygens (including phenoxy) is 1. The van der Waals surface area contributed by atoms with Gasteiger partial charge in [-0.25, -0.2) is 13.6 Å². The Morgan fingerprint density at radius 3 is 2.41 bits per heavy atom. The van der Waals surface area contributed by atoms with Crippen molar-refractivity contribution in [2.45, 2.75) is 17.9 Å². The lowest BCUT2D eigenvalue weighted by Crippen LogP contribution is -2.35. The smallest absolute Gasteiger partial charge is 0.326 e. The summed E-state index contributed by atoms with van der Waals surface area (Å²) >= 11 is 7.45. The lowest BCUT2D eigenvalue weighted by atomic mass is 10.2. The fourth-order valence-electron chi connectivity index (χ4n) is 2.66. The molecule has 1 heterocycles. The molecule has 3 rings (SSSR count). The van der Waals surface area contributed by atoms with E-state index in [1.165, 1.54) is 42.5 Å². The van der Waals surface area contributed by atoms with Crippen molar-refractivity contribution in [2.75, 3.05) is 11.9 Å². The Morgan fingerprint density at radius 1 is 1.12 bits per heavy atom. The number of halogens is 1. The fourth-order valence-corrected chi connectivity index (χ4v) is 4.61. The summed E-state index contributed by atoms with van der Waals surface area (Å²) in [6.45, 7) is 0.903. The minimum absolute atomic E-state index is 0.107. The van der Waals surface area contributed by atoms with Gasteiger partial charge in [0, 0.05) is 15.8 Å². The van der Waals surface area contributed by atoms with Crippen LogP contribution in [-0.2, 0) is 24.3 Å². The predicted octanol–water partition coefficient (Wildman–Crippen LogP) is 2.50. The molecular weight excluding hydrogens is 478 g/mol. The number of sulfonamides is 1. The number of carbonyl (C=O) groups is 3. The molecule has 32 heavy (non-hydrogen) atoms. The van der Waals surface area contributed by atoms with Crippen molar-refractivity contribution in [2.24, 2.45) is 5.14 Å². The van der Waals surface area contributed by atoms with E-state index in [2.05, 4.69) is 10.6 Å². The predicted molar refractivity (Wildman–Crippen MR) is 121 cm³/mol. The van der Waals surface area contributed by atoms with Crippen LogP contribution in [0.5, 0.6) is 0 Å². The Balaban J connectivity index is 1.52. The Kier molecular flexibility index (Phi) is 7.14. The van der Waals surface area contributed by atoms with Crippen LogP contribution in [0.4, 0.5) is 5.69 Å². The number of nitrogens with two attached hydrogens (primary N) is 1. The van der Waals surface area contributed by atoms with Crippen molar-refractivity contribution >= 4 is 66.5 Å². The number of amides is 2. The molecule has 0 radical (unpaired) electrons. The van der Waals surface area contributed by atoms with E-state index in [0.717, 1.165) is 10.1 Å². The van der Waals surface area contributed by atoms with Crippen molar-refractivity contribution in [3.63, 3.8) is 0 Å². The summed E-state index contributed by atoms with van der Waals surface area (Å²) in [6, 6.07) is 12.4. The molecule has 0 aliphatic rings. The SMILES string of the molecule is CC(OC(=O)CNC(=O)c1sc2ccccc2c1Cl)C(=O)Nc1ccc(S(N)(=O)=O)cc1. The number of thiophene rings is 1. The molecule has 12 heteroatoms. The maximum atomic E-state index is 12.4. The molecular formula is C20H18ClN3O6S2. The van der Waals surface area contributed by atoms with E-state index in [1.54, 1.807) is 12.1 Å². The minimum Gasteiger partial charge on any atom is -0.451 e. The molecule has 0 saturated carbocycles. The van der Waals surface area contributed by atoms with E-state index in [4.69, 9.17) is 21.5 Å². The molecule has 1 aromatic heterocycles. The third-order valence-corrected chi connectivity index (χ3v) is 6.87. The summed E-state index contributed by atoms with van der Waals surface area (Å²) in [7, 11) is -3.85. The molecule has 2 aromatic carbocycles. The first-order valence-electron chi connectivity index (χ1n) is 9.14. The number of anilines is 1. The lowest BCUT2D eigenvalue weighted by molar-refractivity contribution is -0.152. The summed E-state index contributed by atoms with van der Waals surface area (Å²) in [5.41, 5.74) is 0.290. The molecule has 0 bridgehead atoms. The molecule has 9 nitrogen and oxygen atoms in total. The van der Waals surface area contributed by atoms with Crippen LogP contribution in [-0.4, -0.2) is 38.9 Å². The Labute approximate surface area is 192 Å². The van der Waals surface area contributed by atoms with Crippen LogP contribution >= 0.6 is 22.9 Å². The Morgan fingerprint density at radius 2 is 1.78 bits per heavy atom. The summed E-state index contributed by atoms with van der Waals surface area (Å²) in [5.74, 6) is -1.98. The molecule has 1 atom stereocenters. The van der Waals surface area contributed by atoms with Gasteiger partial charge in [-0.05, 0) is 37.3 Å². The molecule has 2 amide bonds. The number of esters is 1. The summed E-state index contributed by atoms with van der Waals surface area (Å²) in [4.78, 5) is 36.8. The van der Waals surface area contributed by atoms with Gasteiger partial charge in [0.25, 0.3) is 11.8 Å². The third kappa shape index (κ3) is 5.62. The standard InChI is InChI=1S/C20H18ClN3O6S2/c1-11(19(26)24-12-6-8-13(9-7-12)32(22,28)29)30-16(25)10-23-20(27)18-17(21)14-4-2-3-5-15(14)31-18/h2-9,11H,10H2,1H3,(H,23,27)(H,24,26)(H2,22,28,29). The van der Waals surface area contributed by atoms with E-state index >= 15 is 0 Å². The molecule has 0 aliphatic carbocycles. The molecule has 0 fully saturated rings. The molecule has 1 unspecified atom stereocenters. The van der Waals surface area contributed by atoms with Gasteiger partial charge < -0.3 is 15.4 Å². The first-order valence-corrected chi connectivity index (χ1v) is 11.9. The van der Waals surface area contributed by atoms with Crippen LogP contribution in [0.15, 0.2) is 53.4 Å². The van der Waals surface area contributed by atoms with Crippen molar-refractivity contribution < 1.29 is 27.5 Å². The fraction of sp³-hybridized carbons (Fsp3) is 0.150. The number of nitrogens with one attached hydrogen (secondary N) is 2. The second-order valence-corrected chi connectivity index (χ2v) is 9.61. The average molecular weight is 496 g/mol. The number of benzene rings is 2. The van der Waals surface area contributed by atoms with Crippen LogP contribution in [0.25, 0.3) is 10.1 Å². The Bertz CT molecular complexity index is 1290. The minimum atomic E-state index is -3.85. The number of primary sulfonamides is 1. The maximum absolute atomic E-state index is 12.4. The highest BCUT2D eigenvalue weighted by Crippen LogP contribution is 2.34. The number of hydrogen-bond acceptors (Lipinski definition) is 7. The molecule has 0 spiro atoms. The van der Waals surface area contributed by atoms with Crippen molar-refractivity contribution in [3.05, 3.63) is 58.4 Å². The van der Waals surface area contributed by atoms with Gasteiger partial charge in [0.2, 0.25) is 10.0 Å². The maximum Gasteiger partial charge on any atom is 0.326 e. The third-order valence-electron chi connectivity index (χ3n) is 4.26. The van der Waals surface area contributed by atoms with E-state index < -0.39 is 40.5 Å². The van der Waals surface area contributed by atoms with Gasteiger partial charge in [-0.2, -0.15) is 0 Å². The van der Waals surface area contributed by atoms with Crippen molar-refractivity contribution in [3.8, 4) is 0 Å². The number of rotatable bonds is 7. The molecule has 0 aliphatic heterocycles. The van der Waals surface area contributed by atoms with Gasteiger partial charge in [-0.15, -0.1) is 11.3 Å². The highest BCUT2D eigenvalue weighted by Gasteiger charge is 2.21. The van der Waals surface area contributed by atoms with Crippen LogP contribution in [0.2, 0.25) is 5.02 Å². The largest absolute Gasteiger partial charge is 0.451 e. The zero-order valence-electron chi connectivity index (χ0n) is 16.6. The van der Waals surface area contributed by atoms with Gasteiger partial charge in [-0.1, -0.05) is 29.8 Å². The van der Waals surface area contributed by atoms with Crippen LogP contribution in [0.3, 0.4) is 0 Å². The van der Waals surface area contributed by atoms with Crippen LogP contribution in [0.1, 0.15) is 16.6 Å². The summed E-state index contributed by atoms with van der Waals surface area (Å²) in [5, 5.41) is 11.0. The van der Waals surface area contributed by atoms with Crippen LogP contribution < -0.4 is 15.8 Å². The van der Waals surface area contributed by atoms with Gasteiger partial charge in [0.15, 0.2) is 6.10 Å². The molecule has 4 N–H and O–H groups in total. The van der Waals surface area contributed by atoms with E-state index in [9.17, 15) is 22.8 Å². The first-order chi connectivity index (χ1) is 15.1. The van der Waals surface area contributed by atoms with Gasteiger partial charge in [-0.3, -0.25) is 14.4 Å². The zero-order valence-corrected chi connectivity index (χ0v) is 19.0. The van der Waals surface area contributed by atoms with E-state index in [0.29, 0.717) is 5.02 Å². The zero-order chi connectivity index (χ0) is 23.5. The monoisotopic (exact) mass is 495 g/mol. The summed E-state index contributed by atoms with van der Waals surface area (Å²) in [6.07, 6.45) is -1.16. The number of hydrogen-bond donors (Lipinski definition) is 3. The molecule has 0 saturated heterocycles. The van der Waals surface area contributed by atoms with Crippen molar-refractivity contribution in [1.82, 2.24) is 5.32 Å². The first kappa shape index (κ1) is 23.7. The molecule has 3 aromatic rings. The second-order valence-electron chi connectivity index (χ2n) is 6.61. The highest BCUT2D eigenvalue weighted by molar-refractivity contribution is 7.89. The van der Waals surface area contributed by atoms with E-state index in [1.807, 2.05) is 12.1 Å². The number of carbonyl (C=O) groups excluding carboxylic acids is 3.